The summed E-state index contributed by atoms with van der Waals surface area (Å²) in [5, 5.41) is 0. The van der Waals surface area contributed by atoms with Gasteiger partial charge in [-0.1, -0.05) is 18.2 Å². The largest absolute Gasteiger partial charge is 0.336 e. The third-order valence-corrected chi connectivity index (χ3v) is 7.50. The maximum atomic E-state index is 13.0. The molecule has 2 aromatic rings. The molecule has 162 valence electrons. The minimum absolute atomic E-state index is 0.187. The number of carbonyl (C=O) groups is 3. The van der Waals surface area contributed by atoms with Crippen LogP contribution >= 0.6 is 0 Å². The number of sulfonamides is 1. The highest BCUT2D eigenvalue weighted by atomic mass is 32.2. The summed E-state index contributed by atoms with van der Waals surface area (Å²) in [6, 6.07) is 12.5. The predicted molar refractivity (Wildman–Crippen MR) is 113 cm³/mol. The van der Waals surface area contributed by atoms with Crippen molar-refractivity contribution in [1.82, 2.24) is 14.1 Å². The lowest BCUT2D eigenvalue weighted by Gasteiger charge is -2.34. The van der Waals surface area contributed by atoms with Crippen molar-refractivity contribution in [3.05, 3.63) is 65.2 Å². The summed E-state index contributed by atoms with van der Waals surface area (Å²) >= 11 is 0. The van der Waals surface area contributed by atoms with E-state index in [-0.39, 0.29) is 54.5 Å². The molecule has 0 bridgehead atoms. The SMILES string of the molecule is CC(C)N1C(=O)c2ccc(C(=O)N3CCN(S(=O)(=O)c4ccccc4)CC3)cc2C1=O. The van der Waals surface area contributed by atoms with E-state index in [4.69, 9.17) is 0 Å². The Morgan fingerprint density at radius 2 is 1.48 bits per heavy atom. The molecule has 1 fully saturated rings. The van der Waals surface area contributed by atoms with Crippen LogP contribution in [0.2, 0.25) is 0 Å². The van der Waals surface area contributed by atoms with Crippen molar-refractivity contribution in [2.24, 2.45) is 0 Å². The zero-order valence-electron chi connectivity index (χ0n) is 17.3. The Kier molecular flexibility index (Phi) is 5.40. The van der Waals surface area contributed by atoms with Crippen LogP contribution in [0.15, 0.2) is 53.4 Å². The van der Waals surface area contributed by atoms with Crippen LogP contribution in [0.25, 0.3) is 0 Å². The minimum atomic E-state index is -3.60. The summed E-state index contributed by atoms with van der Waals surface area (Å²) in [7, 11) is -3.60. The van der Waals surface area contributed by atoms with Gasteiger partial charge in [-0.25, -0.2) is 8.42 Å². The molecule has 0 unspecified atom stereocenters. The van der Waals surface area contributed by atoms with Gasteiger partial charge in [0.1, 0.15) is 0 Å². The van der Waals surface area contributed by atoms with E-state index in [0.29, 0.717) is 11.1 Å². The number of hydrogen-bond donors (Lipinski definition) is 0. The van der Waals surface area contributed by atoms with E-state index in [1.54, 1.807) is 55.1 Å². The summed E-state index contributed by atoms with van der Waals surface area (Å²) in [4.78, 5) is 41.0. The topological polar surface area (TPSA) is 95.1 Å². The molecular formula is C22H23N3O5S. The first-order valence-corrected chi connectivity index (χ1v) is 11.5. The van der Waals surface area contributed by atoms with Gasteiger partial charge in [0.05, 0.1) is 16.0 Å². The average molecular weight is 442 g/mol. The van der Waals surface area contributed by atoms with Crippen LogP contribution in [0.3, 0.4) is 0 Å². The maximum Gasteiger partial charge on any atom is 0.261 e. The second kappa shape index (κ2) is 7.90. The number of imide groups is 1. The molecule has 0 atom stereocenters. The van der Waals surface area contributed by atoms with E-state index in [1.807, 2.05) is 0 Å². The molecule has 0 spiro atoms. The van der Waals surface area contributed by atoms with Gasteiger partial charge >= 0.3 is 0 Å². The Morgan fingerprint density at radius 3 is 2.10 bits per heavy atom. The van der Waals surface area contributed by atoms with Crippen LogP contribution < -0.4 is 0 Å². The molecule has 0 aliphatic carbocycles. The zero-order chi connectivity index (χ0) is 22.3. The van der Waals surface area contributed by atoms with Gasteiger partial charge in [0.25, 0.3) is 17.7 Å². The van der Waals surface area contributed by atoms with E-state index < -0.39 is 15.9 Å². The highest BCUT2D eigenvalue weighted by molar-refractivity contribution is 7.89. The molecule has 9 heteroatoms. The molecule has 2 aliphatic rings. The van der Waals surface area contributed by atoms with Crippen molar-refractivity contribution in [2.45, 2.75) is 24.8 Å². The molecule has 2 aliphatic heterocycles. The number of piperazine rings is 1. The fraction of sp³-hybridized carbons (Fsp3) is 0.318. The monoisotopic (exact) mass is 441 g/mol. The Morgan fingerprint density at radius 1 is 0.871 bits per heavy atom. The smallest absolute Gasteiger partial charge is 0.261 e. The van der Waals surface area contributed by atoms with Gasteiger partial charge in [0.2, 0.25) is 10.0 Å². The average Bonchev–Trinajstić information content (AvgIpc) is 3.03. The lowest BCUT2D eigenvalue weighted by Crippen LogP contribution is -2.50. The number of fused-ring (bicyclic) bond motifs is 1. The predicted octanol–water partition coefficient (Wildman–Crippen LogP) is 1.84. The van der Waals surface area contributed by atoms with Gasteiger partial charge in [-0.05, 0) is 44.2 Å². The Balaban J connectivity index is 1.48. The standard InChI is InChI=1S/C22H23N3O5S/c1-15(2)25-21(27)18-9-8-16(14-19(18)22(25)28)20(26)23-10-12-24(13-11-23)31(29,30)17-6-4-3-5-7-17/h3-9,14-15H,10-13H2,1-2H3. The number of rotatable bonds is 4. The minimum Gasteiger partial charge on any atom is -0.336 e. The molecule has 8 nitrogen and oxygen atoms in total. The van der Waals surface area contributed by atoms with Crippen LogP contribution in [0.1, 0.15) is 44.9 Å². The highest BCUT2D eigenvalue weighted by Crippen LogP contribution is 2.26. The molecular weight excluding hydrogens is 418 g/mol. The summed E-state index contributed by atoms with van der Waals surface area (Å²) in [6.07, 6.45) is 0. The number of nitrogens with zero attached hydrogens (tertiary/aromatic N) is 3. The third-order valence-electron chi connectivity index (χ3n) is 5.59. The van der Waals surface area contributed by atoms with Crippen LogP contribution in [-0.2, 0) is 10.0 Å². The van der Waals surface area contributed by atoms with Crippen molar-refractivity contribution < 1.29 is 22.8 Å². The molecule has 4 rings (SSSR count). The lowest BCUT2D eigenvalue weighted by atomic mass is 10.0. The normalized spacial score (nSPS) is 17.4. The first kappa shape index (κ1) is 21.2. The fourth-order valence-corrected chi connectivity index (χ4v) is 5.36. The Bertz CT molecular complexity index is 1150. The highest BCUT2D eigenvalue weighted by Gasteiger charge is 2.38. The van der Waals surface area contributed by atoms with Crippen LogP contribution in [0.5, 0.6) is 0 Å². The molecule has 0 aromatic heterocycles. The maximum absolute atomic E-state index is 13.0. The van der Waals surface area contributed by atoms with Gasteiger partial charge in [-0.2, -0.15) is 4.31 Å². The van der Waals surface area contributed by atoms with E-state index in [1.165, 1.54) is 21.3 Å². The van der Waals surface area contributed by atoms with Crippen molar-refractivity contribution >= 4 is 27.7 Å². The van der Waals surface area contributed by atoms with Crippen LogP contribution in [-0.4, -0.2) is 72.5 Å². The first-order chi connectivity index (χ1) is 14.7. The summed E-state index contributed by atoms with van der Waals surface area (Å²) in [5.74, 6) is -1.04. The summed E-state index contributed by atoms with van der Waals surface area (Å²) < 4.78 is 26.9. The third kappa shape index (κ3) is 3.64. The summed E-state index contributed by atoms with van der Waals surface area (Å²) in [5.41, 5.74) is 0.841. The molecule has 2 heterocycles. The molecule has 0 radical (unpaired) electrons. The Hall–Kier alpha value is -3.04. The lowest BCUT2D eigenvalue weighted by molar-refractivity contribution is 0.0608. The van der Waals surface area contributed by atoms with E-state index in [9.17, 15) is 22.8 Å². The van der Waals surface area contributed by atoms with Crippen LogP contribution in [0.4, 0.5) is 0 Å². The van der Waals surface area contributed by atoms with Gasteiger partial charge < -0.3 is 4.90 Å². The quantitative estimate of drug-likeness (QED) is 0.675. The summed E-state index contributed by atoms with van der Waals surface area (Å²) in [6.45, 7) is 4.38. The number of hydrogen-bond acceptors (Lipinski definition) is 5. The van der Waals surface area contributed by atoms with Gasteiger partial charge in [0, 0.05) is 37.8 Å². The van der Waals surface area contributed by atoms with Crippen molar-refractivity contribution in [2.75, 3.05) is 26.2 Å². The van der Waals surface area contributed by atoms with E-state index in [2.05, 4.69) is 0 Å². The van der Waals surface area contributed by atoms with Crippen LogP contribution in [0, 0.1) is 0 Å². The van der Waals surface area contributed by atoms with E-state index >= 15 is 0 Å². The van der Waals surface area contributed by atoms with Crippen molar-refractivity contribution in [3.8, 4) is 0 Å². The number of amides is 3. The number of benzene rings is 2. The van der Waals surface area contributed by atoms with Gasteiger partial charge in [-0.15, -0.1) is 0 Å². The second-order valence-electron chi connectivity index (χ2n) is 7.84. The van der Waals surface area contributed by atoms with E-state index in [0.717, 1.165) is 0 Å². The number of carbonyl (C=O) groups excluding carboxylic acids is 3. The molecule has 0 N–H and O–H groups in total. The van der Waals surface area contributed by atoms with Crippen molar-refractivity contribution in [1.29, 1.82) is 0 Å². The Labute approximate surface area is 181 Å². The molecule has 2 aromatic carbocycles. The molecule has 31 heavy (non-hydrogen) atoms. The molecule has 0 saturated carbocycles. The molecule has 1 saturated heterocycles. The van der Waals surface area contributed by atoms with Gasteiger partial charge in [0.15, 0.2) is 0 Å². The van der Waals surface area contributed by atoms with Gasteiger partial charge in [-0.3, -0.25) is 19.3 Å². The zero-order valence-corrected chi connectivity index (χ0v) is 18.1. The first-order valence-electron chi connectivity index (χ1n) is 10.1. The second-order valence-corrected chi connectivity index (χ2v) is 9.78. The van der Waals surface area contributed by atoms with Crippen molar-refractivity contribution in [3.63, 3.8) is 0 Å². The molecule has 3 amide bonds. The fourth-order valence-electron chi connectivity index (χ4n) is 3.92.